The fourth-order valence-electron chi connectivity index (χ4n) is 0.167. The van der Waals surface area contributed by atoms with Gasteiger partial charge in [-0.2, -0.15) is 0 Å². The summed E-state index contributed by atoms with van der Waals surface area (Å²) in [6.07, 6.45) is 4.59. The van der Waals surface area contributed by atoms with Gasteiger partial charge < -0.3 is 0 Å². The van der Waals surface area contributed by atoms with Gasteiger partial charge in [0.15, 0.2) is 0 Å². The summed E-state index contributed by atoms with van der Waals surface area (Å²) >= 11 is 0. The molecule has 7 heteroatoms. The molecule has 0 atom stereocenters. The van der Waals surface area contributed by atoms with E-state index in [0.29, 0.717) is 0 Å². The molecule has 4 nitrogen and oxygen atoms in total. The first-order valence-corrected chi connectivity index (χ1v) is 3.43. The molecule has 0 amide bonds. The van der Waals surface area contributed by atoms with Crippen LogP contribution in [0.25, 0.3) is 0 Å². The first kappa shape index (κ1) is 9.53. The van der Waals surface area contributed by atoms with Gasteiger partial charge in [-0.25, -0.2) is 4.57 Å². The molecule has 0 bridgehead atoms. The van der Waals surface area contributed by atoms with E-state index in [1.165, 1.54) is 0 Å². The van der Waals surface area contributed by atoms with E-state index in [0.717, 1.165) is 0 Å². The average molecular weight is 172 g/mol. The van der Waals surface area contributed by atoms with Gasteiger partial charge in [-0.1, -0.05) is 15.4 Å². The SMILES string of the molecule is C#CCOP(=O)(OF)OF. The van der Waals surface area contributed by atoms with E-state index in [-0.39, 0.29) is 0 Å². The van der Waals surface area contributed by atoms with E-state index in [1.54, 1.807) is 5.92 Å². The molecule has 0 heterocycles. The lowest BCUT2D eigenvalue weighted by Gasteiger charge is -2.02. The maximum absolute atomic E-state index is 11.0. The largest absolute Gasteiger partial charge is 0.538 e. The van der Waals surface area contributed by atoms with Gasteiger partial charge in [-0.15, -0.1) is 6.42 Å². The van der Waals surface area contributed by atoms with Crippen molar-refractivity contribution in [1.29, 1.82) is 0 Å². The lowest BCUT2D eigenvalue weighted by atomic mass is 10.8. The van der Waals surface area contributed by atoms with Gasteiger partial charge in [0.05, 0.1) is 0 Å². The highest BCUT2D eigenvalue weighted by Gasteiger charge is 2.29. The minimum atomic E-state index is -4.67. The zero-order valence-electron chi connectivity index (χ0n) is 4.62. The fourth-order valence-corrected chi connectivity index (χ4v) is 0.500. The molecule has 10 heavy (non-hydrogen) atoms. The Morgan fingerprint density at radius 2 is 2.00 bits per heavy atom. The average Bonchev–Trinajstić information content (AvgIpc) is 2.00. The molecule has 0 aliphatic heterocycles. The molecule has 0 aliphatic carbocycles. The van der Waals surface area contributed by atoms with E-state index in [2.05, 4.69) is 20.4 Å². The molecule has 0 radical (unpaired) electrons. The van der Waals surface area contributed by atoms with E-state index >= 15 is 0 Å². The van der Waals surface area contributed by atoms with Crippen molar-refractivity contribution in [3.63, 3.8) is 0 Å². The van der Waals surface area contributed by atoms with Gasteiger partial charge in [0.1, 0.15) is 6.61 Å². The first-order valence-electron chi connectivity index (χ1n) is 1.97. The molecule has 0 aromatic carbocycles. The molecule has 0 aromatic heterocycles. The second-order valence-electron chi connectivity index (χ2n) is 1.06. The maximum atomic E-state index is 11.0. The third-order valence-electron chi connectivity index (χ3n) is 0.475. The smallest absolute Gasteiger partial charge is 0.270 e. The van der Waals surface area contributed by atoms with Crippen LogP contribution in [0, 0.1) is 12.3 Å². The standard InChI is InChI=1S/C3H3F2O4P/c1-2-3-7-10(6,8-4)9-5/h1H,3H2. The molecule has 0 unspecified atom stereocenters. The van der Waals surface area contributed by atoms with Crippen molar-refractivity contribution in [3.8, 4) is 12.3 Å². The highest BCUT2D eigenvalue weighted by Crippen LogP contribution is 2.49. The van der Waals surface area contributed by atoms with Gasteiger partial charge >= 0.3 is 7.82 Å². The lowest BCUT2D eigenvalue weighted by molar-refractivity contribution is -0.116. The monoisotopic (exact) mass is 172 g/mol. The van der Waals surface area contributed by atoms with Crippen molar-refractivity contribution in [2.45, 2.75) is 0 Å². The molecule has 58 valence electrons. The molecule has 0 fully saturated rings. The summed E-state index contributed by atoms with van der Waals surface area (Å²) in [7, 11) is -4.67. The Hall–Kier alpha value is -0.470. The molecule has 0 saturated carbocycles. The van der Waals surface area contributed by atoms with Crippen LogP contribution in [0.2, 0.25) is 0 Å². The van der Waals surface area contributed by atoms with E-state index in [1.807, 2.05) is 0 Å². The second kappa shape index (κ2) is 4.36. The van der Waals surface area contributed by atoms with Crippen molar-refractivity contribution in [3.05, 3.63) is 0 Å². The van der Waals surface area contributed by atoms with Gasteiger partial charge in [-0.05, 0) is 9.05 Å². The van der Waals surface area contributed by atoms with Crippen LogP contribution >= 0.6 is 7.82 Å². The van der Waals surface area contributed by atoms with Crippen molar-refractivity contribution in [2.24, 2.45) is 0 Å². The molecular weight excluding hydrogens is 169 g/mol. The van der Waals surface area contributed by atoms with Crippen LogP contribution in [0.3, 0.4) is 0 Å². The summed E-state index contributed by atoms with van der Waals surface area (Å²) in [6.45, 7) is -0.564. The van der Waals surface area contributed by atoms with Crippen LogP contribution < -0.4 is 0 Å². The molecular formula is C3H3F2O4P. The van der Waals surface area contributed by atoms with Crippen LogP contribution in [0.15, 0.2) is 0 Å². The number of hydrogen-bond acceptors (Lipinski definition) is 4. The third-order valence-corrected chi connectivity index (χ3v) is 1.26. The number of hydrogen-bond donors (Lipinski definition) is 0. The molecule has 0 aromatic rings. The third kappa shape index (κ3) is 2.90. The Kier molecular flexibility index (Phi) is 4.16. The summed E-state index contributed by atoms with van der Waals surface area (Å²) in [5.41, 5.74) is 0. The predicted molar refractivity (Wildman–Crippen MR) is 26.8 cm³/mol. The summed E-state index contributed by atoms with van der Waals surface area (Å²) in [5, 5.41) is 0. The molecule has 0 spiro atoms. The molecule has 0 aliphatic rings. The zero-order chi connectivity index (χ0) is 8.04. The van der Waals surface area contributed by atoms with Crippen LogP contribution in [-0.2, 0) is 18.5 Å². The van der Waals surface area contributed by atoms with E-state index < -0.39 is 14.4 Å². The first-order chi connectivity index (χ1) is 4.68. The van der Waals surface area contributed by atoms with Gasteiger partial charge in [0.25, 0.3) is 0 Å². The van der Waals surface area contributed by atoms with Crippen LogP contribution in [0.1, 0.15) is 0 Å². The Bertz CT molecular complexity index is 168. The highest BCUT2D eigenvalue weighted by molar-refractivity contribution is 7.48. The van der Waals surface area contributed by atoms with Crippen LogP contribution in [0.5, 0.6) is 0 Å². The Morgan fingerprint density at radius 1 is 1.50 bits per heavy atom. The number of terminal acetylenes is 1. The Labute approximate surface area is 55.5 Å². The van der Waals surface area contributed by atoms with E-state index in [4.69, 9.17) is 0 Å². The highest BCUT2D eigenvalue weighted by atomic mass is 31.2. The van der Waals surface area contributed by atoms with Gasteiger partial charge in [0.2, 0.25) is 0 Å². The number of halogens is 2. The summed E-state index contributed by atoms with van der Waals surface area (Å²) < 4.78 is 41.1. The van der Waals surface area contributed by atoms with Crippen molar-refractivity contribution in [1.82, 2.24) is 0 Å². The summed E-state index contributed by atoms with van der Waals surface area (Å²) in [4.78, 5) is 0. The quantitative estimate of drug-likeness (QED) is 0.476. The van der Waals surface area contributed by atoms with Gasteiger partial charge in [0, 0.05) is 0 Å². The minimum absolute atomic E-state index is 0.564. The Morgan fingerprint density at radius 3 is 2.30 bits per heavy atom. The Balaban J connectivity index is 3.85. The molecule has 0 N–H and O–H groups in total. The van der Waals surface area contributed by atoms with Crippen molar-refractivity contribution < 1.29 is 27.6 Å². The van der Waals surface area contributed by atoms with Crippen LogP contribution in [-0.4, -0.2) is 6.61 Å². The lowest BCUT2D eigenvalue weighted by Crippen LogP contribution is -1.90. The summed E-state index contributed by atoms with van der Waals surface area (Å²) in [6, 6.07) is 0. The molecule has 0 saturated heterocycles. The summed E-state index contributed by atoms with van der Waals surface area (Å²) in [5.74, 6) is 1.80. The minimum Gasteiger partial charge on any atom is -0.270 e. The maximum Gasteiger partial charge on any atom is 0.538 e. The zero-order valence-corrected chi connectivity index (χ0v) is 5.52. The van der Waals surface area contributed by atoms with E-state index in [9.17, 15) is 13.6 Å². The molecule has 0 rings (SSSR count). The normalized spacial score (nSPS) is 10.9. The van der Waals surface area contributed by atoms with Crippen LogP contribution in [0.4, 0.5) is 9.05 Å². The predicted octanol–water partition coefficient (Wildman–Crippen LogP) is 1.55. The fraction of sp³-hybridized carbons (Fsp3) is 0.333. The number of phosphoric acid groups is 1. The number of rotatable bonds is 4. The van der Waals surface area contributed by atoms with Crippen molar-refractivity contribution >= 4 is 7.82 Å². The van der Waals surface area contributed by atoms with Gasteiger partial charge in [-0.3, -0.25) is 4.52 Å². The second-order valence-corrected chi connectivity index (χ2v) is 2.49. The van der Waals surface area contributed by atoms with Crippen molar-refractivity contribution in [2.75, 3.05) is 6.61 Å². The topological polar surface area (TPSA) is 44.8 Å².